The summed E-state index contributed by atoms with van der Waals surface area (Å²) in [7, 11) is 0. The van der Waals surface area contributed by atoms with Crippen LogP contribution in [0.25, 0.3) is 0 Å². The SMILES string of the molecule is CCCCCCCC/C=C\CCCCCCCC(=O)OCCC(COC(=O)CCCCCCC/C=C\CCCCCCCC)OC(=O)CCCCCCC/C=C\CCCCCCCC. The van der Waals surface area contributed by atoms with Gasteiger partial charge in [0.1, 0.15) is 12.7 Å². The van der Waals surface area contributed by atoms with Crippen LogP contribution < -0.4 is 0 Å². The molecule has 1 unspecified atom stereocenters. The smallest absolute Gasteiger partial charge is 0.306 e. The van der Waals surface area contributed by atoms with Crippen LogP contribution in [0.1, 0.15) is 297 Å². The van der Waals surface area contributed by atoms with Crippen LogP contribution in [0.15, 0.2) is 36.5 Å². The lowest BCUT2D eigenvalue weighted by atomic mass is 10.1. The summed E-state index contributed by atoms with van der Waals surface area (Å²) in [6.07, 6.45) is 62.2. The minimum absolute atomic E-state index is 0.00775. The van der Waals surface area contributed by atoms with Crippen LogP contribution in [0, 0.1) is 0 Å². The summed E-state index contributed by atoms with van der Waals surface area (Å²) in [5, 5.41) is 0. The molecule has 0 spiro atoms. The Hall–Kier alpha value is -2.37. The molecule has 64 heavy (non-hydrogen) atoms. The first-order valence-corrected chi connectivity index (χ1v) is 28.0. The van der Waals surface area contributed by atoms with E-state index in [4.69, 9.17) is 14.2 Å². The highest BCUT2D eigenvalue weighted by atomic mass is 16.6. The maximum atomic E-state index is 12.8. The van der Waals surface area contributed by atoms with Crippen molar-refractivity contribution in [3.8, 4) is 0 Å². The molecule has 0 fully saturated rings. The second-order valence-corrected chi connectivity index (χ2v) is 18.8. The standard InChI is InChI=1S/C58H106O6/c1-4-7-10-13-16-19-22-25-28-31-34-37-40-43-46-49-56(59)62-53-52-55(64-58(61)51-48-45-42-39-36-33-30-27-24-21-18-15-12-9-6-3)54-63-57(60)50-47-44-41-38-35-32-29-26-23-20-17-14-11-8-5-2/h25-30,55H,4-24,31-54H2,1-3H3/b28-25-,29-26-,30-27-. The Bertz CT molecular complexity index is 1080. The van der Waals surface area contributed by atoms with Gasteiger partial charge in [-0.05, 0) is 96.3 Å². The quantitative estimate of drug-likeness (QED) is 0.0262. The molecule has 1 atom stereocenters. The Morgan fingerprint density at radius 3 is 0.922 bits per heavy atom. The van der Waals surface area contributed by atoms with E-state index < -0.39 is 6.10 Å². The molecule has 0 saturated heterocycles. The first kappa shape index (κ1) is 61.6. The van der Waals surface area contributed by atoms with E-state index in [-0.39, 0.29) is 31.1 Å². The summed E-state index contributed by atoms with van der Waals surface area (Å²) < 4.78 is 16.9. The van der Waals surface area contributed by atoms with Gasteiger partial charge in [0.15, 0.2) is 0 Å². The molecule has 0 aliphatic heterocycles. The summed E-state index contributed by atoms with van der Waals surface area (Å²) in [5.41, 5.74) is 0. The average molecular weight is 899 g/mol. The number of hydrogen-bond acceptors (Lipinski definition) is 6. The number of hydrogen-bond donors (Lipinski definition) is 0. The van der Waals surface area contributed by atoms with Crippen molar-refractivity contribution in [3.05, 3.63) is 36.5 Å². The molecule has 0 aliphatic carbocycles. The molecule has 6 heteroatoms. The largest absolute Gasteiger partial charge is 0.466 e. The monoisotopic (exact) mass is 899 g/mol. The molecule has 374 valence electrons. The molecule has 6 nitrogen and oxygen atoms in total. The second kappa shape index (κ2) is 53.2. The van der Waals surface area contributed by atoms with Crippen molar-refractivity contribution >= 4 is 17.9 Å². The highest BCUT2D eigenvalue weighted by Crippen LogP contribution is 2.15. The maximum absolute atomic E-state index is 12.8. The van der Waals surface area contributed by atoms with Crippen molar-refractivity contribution in [2.75, 3.05) is 13.2 Å². The minimum atomic E-state index is -0.610. The summed E-state index contributed by atoms with van der Waals surface area (Å²) in [4.78, 5) is 38.0. The van der Waals surface area contributed by atoms with Gasteiger partial charge in [0.05, 0.1) is 6.61 Å². The van der Waals surface area contributed by atoms with E-state index in [9.17, 15) is 14.4 Å². The number of allylic oxidation sites excluding steroid dienone is 6. The van der Waals surface area contributed by atoms with Gasteiger partial charge in [0, 0.05) is 25.7 Å². The number of esters is 3. The predicted molar refractivity (Wildman–Crippen MR) is 275 cm³/mol. The topological polar surface area (TPSA) is 78.9 Å². The van der Waals surface area contributed by atoms with E-state index >= 15 is 0 Å². The second-order valence-electron chi connectivity index (χ2n) is 18.8. The number of rotatable bonds is 51. The molecule has 0 aromatic carbocycles. The lowest BCUT2D eigenvalue weighted by Gasteiger charge is -2.18. The van der Waals surface area contributed by atoms with Crippen molar-refractivity contribution in [1.29, 1.82) is 0 Å². The first-order chi connectivity index (χ1) is 31.5. The maximum Gasteiger partial charge on any atom is 0.306 e. The van der Waals surface area contributed by atoms with E-state index in [1.54, 1.807) is 0 Å². The van der Waals surface area contributed by atoms with Crippen LogP contribution in [-0.2, 0) is 28.6 Å². The van der Waals surface area contributed by atoms with Crippen molar-refractivity contribution in [3.63, 3.8) is 0 Å². The fraction of sp³-hybridized carbons (Fsp3) is 0.845. The zero-order chi connectivity index (χ0) is 46.5. The average Bonchev–Trinajstić information content (AvgIpc) is 3.29. The lowest BCUT2D eigenvalue weighted by Crippen LogP contribution is -2.27. The van der Waals surface area contributed by atoms with Crippen molar-refractivity contribution in [1.82, 2.24) is 0 Å². The van der Waals surface area contributed by atoms with Crippen LogP contribution >= 0.6 is 0 Å². The fourth-order valence-electron chi connectivity index (χ4n) is 8.08. The fourth-order valence-corrected chi connectivity index (χ4v) is 8.08. The summed E-state index contributed by atoms with van der Waals surface area (Å²) in [6, 6.07) is 0. The van der Waals surface area contributed by atoms with E-state index in [0.29, 0.717) is 25.7 Å². The van der Waals surface area contributed by atoms with Gasteiger partial charge in [-0.15, -0.1) is 0 Å². The van der Waals surface area contributed by atoms with Crippen molar-refractivity contribution in [2.24, 2.45) is 0 Å². The zero-order valence-electron chi connectivity index (χ0n) is 42.8. The Morgan fingerprint density at radius 1 is 0.328 bits per heavy atom. The molecule has 0 aromatic rings. The van der Waals surface area contributed by atoms with Crippen molar-refractivity contribution < 1.29 is 28.6 Å². The van der Waals surface area contributed by atoms with Gasteiger partial charge in [-0.1, -0.05) is 211 Å². The Labute approximate surface area is 397 Å². The third-order valence-corrected chi connectivity index (χ3v) is 12.4. The Morgan fingerprint density at radius 2 is 0.594 bits per heavy atom. The van der Waals surface area contributed by atoms with Crippen LogP contribution in [0.5, 0.6) is 0 Å². The first-order valence-electron chi connectivity index (χ1n) is 28.0. The lowest BCUT2D eigenvalue weighted by molar-refractivity contribution is -0.161. The van der Waals surface area contributed by atoms with Gasteiger partial charge < -0.3 is 14.2 Å². The highest BCUT2D eigenvalue weighted by molar-refractivity contribution is 5.70. The molecule has 0 bridgehead atoms. The highest BCUT2D eigenvalue weighted by Gasteiger charge is 2.18. The van der Waals surface area contributed by atoms with Crippen LogP contribution in [0.4, 0.5) is 0 Å². The van der Waals surface area contributed by atoms with E-state index in [2.05, 4.69) is 57.2 Å². The van der Waals surface area contributed by atoms with Gasteiger partial charge in [-0.3, -0.25) is 14.4 Å². The summed E-state index contributed by atoms with van der Waals surface area (Å²) in [5.74, 6) is -0.732. The molecule has 0 rings (SSSR count). The number of unbranched alkanes of at least 4 members (excludes halogenated alkanes) is 33. The zero-order valence-corrected chi connectivity index (χ0v) is 42.8. The molecule has 0 radical (unpaired) electrons. The Kier molecular flexibility index (Phi) is 51.3. The van der Waals surface area contributed by atoms with Crippen LogP contribution in [-0.4, -0.2) is 37.2 Å². The van der Waals surface area contributed by atoms with Crippen molar-refractivity contribution in [2.45, 2.75) is 303 Å². The summed E-state index contributed by atoms with van der Waals surface area (Å²) >= 11 is 0. The predicted octanol–water partition coefficient (Wildman–Crippen LogP) is 18.5. The molecule has 0 aromatic heterocycles. The molecular weight excluding hydrogens is 793 g/mol. The molecule has 0 amide bonds. The molecule has 0 N–H and O–H groups in total. The third kappa shape index (κ3) is 50.6. The van der Waals surface area contributed by atoms with Gasteiger partial charge in [-0.25, -0.2) is 0 Å². The Balaban J connectivity index is 4.38. The minimum Gasteiger partial charge on any atom is -0.466 e. The molecule has 0 heterocycles. The van der Waals surface area contributed by atoms with Gasteiger partial charge >= 0.3 is 17.9 Å². The van der Waals surface area contributed by atoms with E-state index in [1.807, 2.05) is 0 Å². The normalized spacial score (nSPS) is 12.2. The van der Waals surface area contributed by atoms with E-state index in [0.717, 1.165) is 77.0 Å². The van der Waals surface area contributed by atoms with E-state index in [1.165, 1.54) is 173 Å². The number of carbonyl (C=O) groups is 3. The molecular formula is C58H106O6. The van der Waals surface area contributed by atoms with Gasteiger partial charge in [0.2, 0.25) is 0 Å². The van der Waals surface area contributed by atoms with Gasteiger partial charge in [-0.2, -0.15) is 0 Å². The molecule has 0 aliphatic rings. The number of carbonyl (C=O) groups excluding carboxylic acids is 3. The molecule has 0 saturated carbocycles. The van der Waals surface area contributed by atoms with Crippen LogP contribution in [0.3, 0.4) is 0 Å². The van der Waals surface area contributed by atoms with Gasteiger partial charge in [0.25, 0.3) is 0 Å². The number of ether oxygens (including phenoxy) is 3. The van der Waals surface area contributed by atoms with Crippen LogP contribution in [0.2, 0.25) is 0 Å². The summed E-state index contributed by atoms with van der Waals surface area (Å²) in [6.45, 7) is 6.95. The third-order valence-electron chi connectivity index (χ3n) is 12.4.